The van der Waals surface area contributed by atoms with Crippen LogP contribution in [0.2, 0.25) is 0 Å². The normalized spacial score (nSPS) is 12.3. The van der Waals surface area contributed by atoms with Crippen LogP contribution in [0.3, 0.4) is 0 Å². The summed E-state index contributed by atoms with van der Waals surface area (Å²) in [6.07, 6.45) is 2.35. The third-order valence-electron chi connectivity index (χ3n) is 4.34. The zero-order valence-corrected chi connectivity index (χ0v) is 15.4. The van der Waals surface area contributed by atoms with Crippen molar-refractivity contribution < 1.29 is 14.2 Å². The summed E-state index contributed by atoms with van der Waals surface area (Å²) >= 11 is 0. The summed E-state index contributed by atoms with van der Waals surface area (Å²) in [4.78, 5) is 8.70. The molecule has 1 unspecified atom stereocenters. The first-order valence-corrected chi connectivity index (χ1v) is 8.90. The Bertz CT molecular complexity index is 1120. The van der Waals surface area contributed by atoms with E-state index in [1.54, 1.807) is 48.3 Å². The minimum absolute atomic E-state index is 0.321. The third-order valence-corrected chi connectivity index (χ3v) is 4.34. The van der Waals surface area contributed by atoms with E-state index in [2.05, 4.69) is 21.1 Å². The molecule has 0 spiro atoms. The van der Waals surface area contributed by atoms with Gasteiger partial charge in [-0.05, 0) is 44.2 Å². The van der Waals surface area contributed by atoms with Crippen LogP contribution in [0, 0.1) is 11.9 Å². The number of benzene rings is 2. The van der Waals surface area contributed by atoms with Crippen molar-refractivity contribution in [1.82, 2.24) is 19.7 Å². The van der Waals surface area contributed by atoms with Gasteiger partial charge in [0.05, 0.1) is 23.9 Å². The van der Waals surface area contributed by atoms with Gasteiger partial charge in [0.1, 0.15) is 11.6 Å². The van der Waals surface area contributed by atoms with Crippen molar-refractivity contribution in [3.63, 3.8) is 0 Å². The Morgan fingerprint density at radius 1 is 1.25 bits per heavy atom. The van der Waals surface area contributed by atoms with Crippen molar-refractivity contribution in [3.8, 4) is 22.8 Å². The number of halogens is 1. The summed E-state index contributed by atoms with van der Waals surface area (Å²) in [6.45, 7) is 4.02. The van der Waals surface area contributed by atoms with Crippen molar-refractivity contribution >= 4 is 10.9 Å². The second-order valence-electron chi connectivity index (χ2n) is 6.26. The van der Waals surface area contributed by atoms with Gasteiger partial charge in [0, 0.05) is 28.9 Å². The number of nitrogens with zero attached hydrogens (tertiary/aromatic N) is 4. The van der Waals surface area contributed by atoms with Gasteiger partial charge in [-0.3, -0.25) is 0 Å². The topological polar surface area (TPSA) is 73.1 Å². The van der Waals surface area contributed by atoms with Crippen LogP contribution in [0.25, 0.3) is 28.0 Å². The van der Waals surface area contributed by atoms with E-state index in [1.807, 2.05) is 13.0 Å². The number of hydrogen-bond donors (Lipinski definition) is 1. The lowest BCUT2D eigenvalue weighted by molar-refractivity contribution is 0.195. The fourth-order valence-electron chi connectivity index (χ4n) is 3.04. The molecule has 0 saturated heterocycles. The highest BCUT2D eigenvalue weighted by molar-refractivity contribution is 5.83. The standard InChI is InChI=1S/C21H18FN4O2/c1-3-28-15-8-9-18(22)17(10-15)14-11-23-21(24-12-14)26-19-7-5-4-6-16(19)20(25-26)13(2)27/h4,6-13,27H,3H2,1-2H3. The number of aliphatic hydroxyl groups is 1. The first kappa shape index (κ1) is 18.1. The quantitative estimate of drug-likeness (QED) is 0.571. The smallest absolute Gasteiger partial charge is 0.251 e. The van der Waals surface area contributed by atoms with Crippen molar-refractivity contribution in [2.45, 2.75) is 20.0 Å². The summed E-state index contributed by atoms with van der Waals surface area (Å²) in [5.74, 6) is 0.523. The number of fused-ring (bicyclic) bond motifs is 1. The highest BCUT2D eigenvalue weighted by Gasteiger charge is 2.17. The van der Waals surface area contributed by atoms with Crippen LogP contribution in [0.5, 0.6) is 5.75 Å². The molecular weight excluding hydrogens is 359 g/mol. The van der Waals surface area contributed by atoms with Gasteiger partial charge < -0.3 is 9.84 Å². The second kappa shape index (κ2) is 7.36. The van der Waals surface area contributed by atoms with E-state index in [4.69, 9.17) is 4.74 Å². The third kappa shape index (κ3) is 3.20. The van der Waals surface area contributed by atoms with Gasteiger partial charge in [-0.15, -0.1) is 0 Å². The molecule has 0 bridgehead atoms. The molecule has 2 heterocycles. The van der Waals surface area contributed by atoms with Crippen LogP contribution in [-0.2, 0) is 0 Å². The first-order valence-electron chi connectivity index (χ1n) is 8.90. The molecule has 6 nitrogen and oxygen atoms in total. The molecule has 7 heteroatoms. The number of ether oxygens (including phenoxy) is 1. The van der Waals surface area contributed by atoms with E-state index < -0.39 is 6.10 Å². The molecule has 0 fully saturated rings. The second-order valence-corrected chi connectivity index (χ2v) is 6.26. The van der Waals surface area contributed by atoms with E-state index >= 15 is 0 Å². The lowest BCUT2D eigenvalue weighted by Gasteiger charge is -2.08. The number of rotatable bonds is 5. The fraction of sp³-hybridized carbons (Fsp3) is 0.190. The summed E-state index contributed by atoms with van der Waals surface area (Å²) < 4.78 is 21.2. The van der Waals surface area contributed by atoms with Gasteiger partial charge in [0.2, 0.25) is 0 Å². The Kier molecular flexibility index (Phi) is 4.75. The van der Waals surface area contributed by atoms with Gasteiger partial charge in [-0.25, -0.2) is 14.4 Å². The van der Waals surface area contributed by atoms with Crippen molar-refractivity contribution in [1.29, 1.82) is 0 Å². The van der Waals surface area contributed by atoms with Gasteiger partial charge >= 0.3 is 0 Å². The van der Waals surface area contributed by atoms with Crippen LogP contribution in [0.15, 0.2) is 48.8 Å². The number of aromatic nitrogens is 4. The Labute approximate surface area is 161 Å². The molecule has 141 valence electrons. The number of hydrogen-bond acceptors (Lipinski definition) is 5. The molecule has 1 radical (unpaired) electrons. The molecule has 28 heavy (non-hydrogen) atoms. The lowest BCUT2D eigenvalue weighted by Crippen LogP contribution is -2.04. The Balaban J connectivity index is 1.76. The minimum Gasteiger partial charge on any atom is -0.494 e. The van der Waals surface area contributed by atoms with Crippen molar-refractivity contribution in [3.05, 3.63) is 66.4 Å². The monoisotopic (exact) mass is 377 g/mol. The summed E-state index contributed by atoms with van der Waals surface area (Å²) in [6, 6.07) is 12.9. The Morgan fingerprint density at radius 2 is 2.04 bits per heavy atom. The molecule has 0 aliphatic heterocycles. The van der Waals surface area contributed by atoms with Crippen LogP contribution < -0.4 is 4.74 Å². The predicted molar refractivity (Wildman–Crippen MR) is 103 cm³/mol. The maximum Gasteiger partial charge on any atom is 0.251 e. The Morgan fingerprint density at radius 3 is 2.75 bits per heavy atom. The average molecular weight is 377 g/mol. The molecule has 1 N–H and O–H groups in total. The predicted octanol–water partition coefficient (Wildman–Crippen LogP) is 3.87. The molecular formula is C21H18FN4O2. The average Bonchev–Trinajstić information content (AvgIpc) is 3.10. The fourth-order valence-corrected chi connectivity index (χ4v) is 3.04. The van der Waals surface area contributed by atoms with Gasteiger partial charge in [-0.1, -0.05) is 12.1 Å². The minimum atomic E-state index is -0.735. The maximum atomic E-state index is 14.3. The van der Waals surface area contributed by atoms with Gasteiger partial charge in [-0.2, -0.15) is 9.78 Å². The van der Waals surface area contributed by atoms with Crippen LogP contribution in [0.1, 0.15) is 25.6 Å². The molecule has 4 rings (SSSR count). The van der Waals surface area contributed by atoms with E-state index in [1.165, 1.54) is 6.07 Å². The molecule has 0 amide bonds. The van der Waals surface area contributed by atoms with E-state index in [9.17, 15) is 9.50 Å². The number of aliphatic hydroxyl groups excluding tert-OH is 1. The van der Waals surface area contributed by atoms with Crippen LogP contribution in [0.4, 0.5) is 4.39 Å². The zero-order valence-electron chi connectivity index (χ0n) is 15.4. The highest BCUT2D eigenvalue weighted by Crippen LogP contribution is 2.28. The van der Waals surface area contributed by atoms with E-state index in [0.717, 1.165) is 10.9 Å². The van der Waals surface area contributed by atoms with Gasteiger partial charge in [0.25, 0.3) is 5.95 Å². The molecule has 0 aliphatic carbocycles. The van der Waals surface area contributed by atoms with E-state index in [0.29, 0.717) is 35.1 Å². The SMILES string of the molecule is CCOc1ccc(F)c(-c2cnc(-n3nc(C(C)O)c4cc[c]cc43)nc2)c1. The maximum absolute atomic E-state index is 14.3. The van der Waals surface area contributed by atoms with E-state index in [-0.39, 0.29) is 5.82 Å². The summed E-state index contributed by atoms with van der Waals surface area (Å²) in [7, 11) is 0. The molecule has 2 aromatic carbocycles. The molecule has 4 aromatic rings. The molecule has 2 aromatic heterocycles. The Hall–Kier alpha value is -3.32. The first-order chi connectivity index (χ1) is 13.6. The molecule has 1 atom stereocenters. The summed E-state index contributed by atoms with van der Waals surface area (Å²) in [5.41, 5.74) is 2.16. The zero-order chi connectivity index (χ0) is 19.7. The molecule has 0 aliphatic rings. The van der Waals surface area contributed by atoms with Crippen molar-refractivity contribution in [2.75, 3.05) is 6.61 Å². The van der Waals surface area contributed by atoms with Crippen LogP contribution >= 0.6 is 0 Å². The van der Waals surface area contributed by atoms with Crippen LogP contribution in [-0.4, -0.2) is 31.5 Å². The lowest BCUT2D eigenvalue weighted by atomic mass is 10.1. The van der Waals surface area contributed by atoms with Crippen molar-refractivity contribution in [2.24, 2.45) is 0 Å². The van der Waals surface area contributed by atoms with Gasteiger partial charge in [0.15, 0.2) is 0 Å². The largest absolute Gasteiger partial charge is 0.494 e. The molecule has 0 saturated carbocycles. The highest BCUT2D eigenvalue weighted by atomic mass is 19.1. The summed E-state index contributed by atoms with van der Waals surface area (Å²) in [5, 5.41) is 15.2.